The van der Waals surface area contributed by atoms with E-state index >= 15 is 0 Å². The van der Waals surface area contributed by atoms with Gasteiger partial charge in [-0.25, -0.2) is 0 Å². The summed E-state index contributed by atoms with van der Waals surface area (Å²) in [5.74, 6) is -0.0908. The topological polar surface area (TPSA) is 49.4 Å². The van der Waals surface area contributed by atoms with Crippen molar-refractivity contribution in [2.45, 2.75) is 56.4 Å². The summed E-state index contributed by atoms with van der Waals surface area (Å²) in [5.41, 5.74) is 3.59. The molecular formula is C25H28N2O2S. The highest BCUT2D eigenvalue weighted by Gasteiger charge is 2.27. The van der Waals surface area contributed by atoms with Crippen LogP contribution in [0, 0.1) is 6.92 Å². The molecule has 0 radical (unpaired) electrons. The average molecular weight is 421 g/mol. The molecule has 1 fully saturated rings. The number of rotatable bonds is 3. The molecule has 2 aromatic rings. The lowest BCUT2D eigenvalue weighted by Gasteiger charge is -2.27. The minimum Gasteiger partial charge on any atom is -0.349 e. The molecule has 0 unspecified atom stereocenters. The third kappa shape index (κ3) is 4.62. The van der Waals surface area contributed by atoms with Gasteiger partial charge in [0.2, 0.25) is 0 Å². The van der Waals surface area contributed by atoms with E-state index in [1.807, 2.05) is 49.4 Å². The fraction of sp³-hybridized carbons (Fsp3) is 0.360. The van der Waals surface area contributed by atoms with Gasteiger partial charge in [-0.1, -0.05) is 67.3 Å². The largest absolute Gasteiger partial charge is 0.349 e. The van der Waals surface area contributed by atoms with E-state index < -0.39 is 0 Å². The number of amides is 2. The van der Waals surface area contributed by atoms with Crippen molar-refractivity contribution in [3.05, 3.63) is 64.1 Å². The zero-order valence-electron chi connectivity index (χ0n) is 17.6. The van der Waals surface area contributed by atoms with Crippen LogP contribution in [-0.2, 0) is 4.79 Å². The van der Waals surface area contributed by atoms with Crippen molar-refractivity contribution in [2.24, 2.45) is 0 Å². The third-order valence-electron chi connectivity index (χ3n) is 5.85. The SMILES string of the molecule is Cc1cccc(/C=C2\Sc3ccc(C(=O)NC4CCCCCC4)cc3N(C)C2=O)c1. The molecule has 156 valence electrons. The number of nitrogens with one attached hydrogen (secondary N) is 1. The van der Waals surface area contributed by atoms with E-state index in [1.165, 1.54) is 37.4 Å². The van der Waals surface area contributed by atoms with Crippen LogP contribution in [0.5, 0.6) is 0 Å². The molecule has 1 N–H and O–H groups in total. The first kappa shape index (κ1) is 20.7. The Kier molecular flexibility index (Phi) is 6.28. The van der Waals surface area contributed by atoms with Crippen molar-refractivity contribution in [1.82, 2.24) is 5.32 Å². The molecule has 0 spiro atoms. The Morgan fingerprint density at radius 3 is 2.60 bits per heavy atom. The number of thioether (sulfide) groups is 1. The highest BCUT2D eigenvalue weighted by atomic mass is 32.2. The predicted molar refractivity (Wildman–Crippen MR) is 124 cm³/mol. The average Bonchev–Trinajstić information content (AvgIpc) is 3.00. The second-order valence-electron chi connectivity index (χ2n) is 8.23. The summed E-state index contributed by atoms with van der Waals surface area (Å²) in [6, 6.07) is 14.0. The van der Waals surface area contributed by atoms with Crippen LogP contribution in [0.4, 0.5) is 5.69 Å². The number of fused-ring (bicyclic) bond motifs is 1. The Balaban J connectivity index is 1.54. The number of hydrogen-bond acceptors (Lipinski definition) is 3. The first-order valence-electron chi connectivity index (χ1n) is 10.7. The van der Waals surface area contributed by atoms with Crippen molar-refractivity contribution in [2.75, 3.05) is 11.9 Å². The Morgan fingerprint density at radius 1 is 1.10 bits per heavy atom. The Hall–Kier alpha value is -2.53. The smallest absolute Gasteiger partial charge is 0.264 e. The lowest BCUT2D eigenvalue weighted by Crippen LogP contribution is -2.35. The number of likely N-dealkylation sites (N-methyl/N-ethyl adjacent to an activating group) is 1. The molecule has 1 aliphatic carbocycles. The molecule has 0 atom stereocenters. The van der Waals surface area contributed by atoms with Crippen molar-refractivity contribution in [1.29, 1.82) is 0 Å². The summed E-state index contributed by atoms with van der Waals surface area (Å²) in [4.78, 5) is 29.1. The standard InChI is InChI=1S/C25H28N2O2S/c1-17-8-7-9-18(14-17)15-23-25(29)27(2)21-16-19(12-13-22(21)30-23)24(28)26-20-10-5-3-4-6-11-20/h7-9,12-16,20H,3-6,10-11H2,1-2H3,(H,26,28)/b23-15-. The lowest BCUT2D eigenvalue weighted by molar-refractivity contribution is -0.114. The molecule has 2 aliphatic rings. The molecule has 0 aromatic heterocycles. The molecule has 4 rings (SSSR count). The van der Waals surface area contributed by atoms with Gasteiger partial charge in [-0.15, -0.1) is 0 Å². The maximum Gasteiger partial charge on any atom is 0.264 e. The number of carbonyl (C=O) groups excluding carboxylic acids is 2. The normalized spacial score (nSPS) is 18.8. The van der Waals surface area contributed by atoms with Gasteiger partial charge in [-0.2, -0.15) is 0 Å². The van der Waals surface area contributed by atoms with Gasteiger partial charge < -0.3 is 10.2 Å². The van der Waals surface area contributed by atoms with Crippen LogP contribution in [0.3, 0.4) is 0 Å². The van der Waals surface area contributed by atoms with Gasteiger partial charge in [0.25, 0.3) is 11.8 Å². The molecule has 1 saturated carbocycles. The highest BCUT2D eigenvalue weighted by molar-refractivity contribution is 8.04. The Morgan fingerprint density at radius 2 is 1.87 bits per heavy atom. The molecule has 0 bridgehead atoms. The van der Waals surface area contributed by atoms with Crippen LogP contribution in [-0.4, -0.2) is 24.9 Å². The van der Waals surface area contributed by atoms with Crippen molar-refractivity contribution in [3.8, 4) is 0 Å². The van der Waals surface area contributed by atoms with Crippen LogP contribution in [0.15, 0.2) is 52.3 Å². The summed E-state index contributed by atoms with van der Waals surface area (Å²) in [6.07, 6.45) is 8.92. The maximum absolute atomic E-state index is 12.9. The Labute approximate surface area is 182 Å². The molecule has 2 amide bonds. The minimum absolute atomic E-state index is 0.0448. The van der Waals surface area contributed by atoms with E-state index in [1.54, 1.807) is 11.9 Å². The third-order valence-corrected chi connectivity index (χ3v) is 6.93. The molecule has 1 heterocycles. The summed E-state index contributed by atoms with van der Waals surface area (Å²) >= 11 is 1.47. The molecule has 5 heteroatoms. The van der Waals surface area contributed by atoms with Crippen molar-refractivity contribution < 1.29 is 9.59 Å². The van der Waals surface area contributed by atoms with Gasteiger partial charge in [0.1, 0.15) is 0 Å². The van der Waals surface area contributed by atoms with E-state index in [2.05, 4.69) is 11.4 Å². The molecule has 4 nitrogen and oxygen atoms in total. The fourth-order valence-corrected chi connectivity index (χ4v) is 5.23. The Bertz CT molecular complexity index is 990. The zero-order valence-corrected chi connectivity index (χ0v) is 18.4. The predicted octanol–water partition coefficient (Wildman–Crippen LogP) is 5.56. The number of anilines is 1. The number of nitrogens with zero attached hydrogens (tertiary/aromatic N) is 1. The molecule has 2 aromatic carbocycles. The number of aryl methyl sites for hydroxylation is 1. The van der Waals surface area contributed by atoms with Gasteiger partial charge >= 0.3 is 0 Å². The zero-order chi connectivity index (χ0) is 21.1. The summed E-state index contributed by atoms with van der Waals surface area (Å²) in [6.45, 7) is 2.04. The van der Waals surface area contributed by atoms with Crippen LogP contribution in [0.1, 0.15) is 60.0 Å². The second-order valence-corrected chi connectivity index (χ2v) is 9.32. The molecule has 30 heavy (non-hydrogen) atoms. The monoisotopic (exact) mass is 420 g/mol. The van der Waals surface area contributed by atoms with E-state index in [9.17, 15) is 9.59 Å². The molecule has 0 saturated heterocycles. The van der Waals surface area contributed by atoms with E-state index in [0.29, 0.717) is 10.5 Å². The van der Waals surface area contributed by atoms with Crippen LogP contribution >= 0.6 is 11.8 Å². The summed E-state index contributed by atoms with van der Waals surface area (Å²) < 4.78 is 0. The van der Waals surface area contributed by atoms with Gasteiger partial charge in [0.05, 0.1) is 10.6 Å². The number of benzene rings is 2. The summed E-state index contributed by atoms with van der Waals surface area (Å²) in [5, 5.41) is 3.19. The van der Waals surface area contributed by atoms with Crippen LogP contribution in [0.25, 0.3) is 6.08 Å². The van der Waals surface area contributed by atoms with Gasteiger partial charge in [0.15, 0.2) is 0 Å². The van der Waals surface area contributed by atoms with E-state index in [0.717, 1.165) is 34.6 Å². The van der Waals surface area contributed by atoms with E-state index in [4.69, 9.17) is 0 Å². The number of carbonyl (C=O) groups is 2. The minimum atomic E-state index is -0.0460. The van der Waals surface area contributed by atoms with Crippen LogP contribution in [0.2, 0.25) is 0 Å². The van der Waals surface area contributed by atoms with Gasteiger partial charge in [-0.05, 0) is 49.6 Å². The quantitative estimate of drug-likeness (QED) is 0.523. The summed E-state index contributed by atoms with van der Waals surface area (Å²) in [7, 11) is 1.78. The maximum atomic E-state index is 12.9. The first-order valence-corrected chi connectivity index (χ1v) is 11.5. The van der Waals surface area contributed by atoms with Crippen LogP contribution < -0.4 is 10.2 Å². The highest BCUT2D eigenvalue weighted by Crippen LogP contribution is 2.42. The van der Waals surface area contributed by atoms with Crippen molar-refractivity contribution in [3.63, 3.8) is 0 Å². The molecular weight excluding hydrogens is 392 g/mol. The molecule has 1 aliphatic heterocycles. The fourth-order valence-electron chi connectivity index (χ4n) is 4.14. The van der Waals surface area contributed by atoms with Gasteiger partial charge in [-0.3, -0.25) is 9.59 Å². The second kappa shape index (κ2) is 9.09. The van der Waals surface area contributed by atoms with Crippen molar-refractivity contribution >= 4 is 35.3 Å². The van der Waals surface area contributed by atoms with Gasteiger partial charge in [0, 0.05) is 23.5 Å². The lowest BCUT2D eigenvalue weighted by atomic mass is 10.1. The number of hydrogen-bond donors (Lipinski definition) is 1. The van der Waals surface area contributed by atoms with E-state index in [-0.39, 0.29) is 17.9 Å². The first-order chi connectivity index (χ1) is 14.5.